The van der Waals surface area contributed by atoms with Crippen LogP contribution in [0.15, 0.2) is 42.0 Å². The number of rotatable bonds is 11. The van der Waals surface area contributed by atoms with E-state index >= 15 is 0 Å². The number of likely N-dealkylation sites (tertiary alicyclic amines) is 1. The maximum Gasteiger partial charge on any atom is 0.249 e. The first-order chi connectivity index (χ1) is 17.3. The minimum absolute atomic E-state index is 0.0262. The summed E-state index contributed by atoms with van der Waals surface area (Å²) in [6, 6.07) is 8.97. The Hall–Kier alpha value is -3.16. The van der Waals surface area contributed by atoms with Crippen molar-refractivity contribution < 1.29 is 19.2 Å². The minimum atomic E-state index is -0.588. The van der Waals surface area contributed by atoms with Crippen molar-refractivity contribution in [2.45, 2.75) is 78.3 Å². The number of primary amides is 1. The summed E-state index contributed by atoms with van der Waals surface area (Å²) in [5.41, 5.74) is 6.61. The van der Waals surface area contributed by atoms with Gasteiger partial charge in [0.05, 0.1) is 12.6 Å². The first-order valence-corrected chi connectivity index (χ1v) is 13.2. The maximum atomic E-state index is 13.1. The molecule has 1 aromatic rings. The highest BCUT2D eigenvalue weighted by molar-refractivity contribution is 5.97. The summed E-state index contributed by atoms with van der Waals surface area (Å²) in [5, 5.41) is 2.85. The van der Waals surface area contributed by atoms with Gasteiger partial charge in [0.2, 0.25) is 23.6 Å². The van der Waals surface area contributed by atoms with E-state index in [2.05, 4.69) is 5.32 Å². The van der Waals surface area contributed by atoms with Crippen molar-refractivity contribution in [2.75, 3.05) is 20.1 Å². The van der Waals surface area contributed by atoms with E-state index in [1.807, 2.05) is 65.0 Å². The second-order valence-corrected chi connectivity index (χ2v) is 10.9. The number of likely N-dealkylation sites (N-methyl/N-ethyl adjacent to an activating group) is 1. The zero-order valence-corrected chi connectivity index (χ0v) is 23.4. The lowest BCUT2D eigenvalue weighted by molar-refractivity contribution is -0.135. The predicted molar refractivity (Wildman–Crippen MR) is 145 cm³/mol. The molecule has 8 heteroatoms. The van der Waals surface area contributed by atoms with Gasteiger partial charge in [0, 0.05) is 30.5 Å². The number of nitrogens with two attached hydrogens (primary N) is 1. The van der Waals surface area contributed by atoms with Gasteiger partial charge in [-0.05, 0) is 37.7 Å². The number of nitrogens with zero attached hydrogens (tertiary/aromatic N) is 2. The van der Waals surface area contributed by atoms with Crippen molar-refractivity contribution in [3.8, 4) is 0 Å². The van der Waals surface area contributed by atoms with Gasteiger partial charge in [-0.15, -0.1) is 0 Å². The van der Waals surface area contributed by atoms with Crippen LogP contribution in [0.2, 0.25) is 0 Å². The summed E-state index contributed by atoms with van der Waals surface area (Å²) < 4.78 is 0. The van der Waals surface area contributed by atoms with Crippen molar-refractivity contribution >= 4 is 23.6 Å². The summed E-state index contributed by atoms with van der Waals surface area (Å²) in [6.45, 7) is 12.1. The zero-order chi connectivity index (χ0) is 27.9. The van der Waals surface area contributed by atoms with Crippen LogP contribution in [-0.2, 0) is 24.6 Å². The third-order valence-electron chi connectivity index (χ3n) is 7.65. The van der Waals surface area contributed by atoms with E-state index in [-0.39, 0.29) is 42.1 Å². The Bertz CT molecular complexity index is 1000. The summed E-state index contributed by atoms with van der Waals surface area (Å²) in [4.78, 5) is 54.1. The van der Waals surface area contributed by atoms with Crippen LogP contribution in [0.25, 0.3) is 0 Å². The van der Waals surface area contributed by atoms with Crippen LogP contribution < -0.4 is 11.1 Å². The highest BCUT2D eigenvalue weighted by Crippen LogP contribution is 2.34. The molecule has 2 rings (SSSR count). The summed E-state index contributed by atoms with van der Waals surface area (Å²) in [7, 11) is 1.68. The molecule has 3 N–H and O–H groups in total. The van der Waals surface area contributed by atoms with Crippen LogP contribution in [0, 0.1) is 11.8 Å². The van der Waals surface area contributed by atoms with Gasteiger partial charge in [0.1, 0.15) is 6.04 Å². The molecule has 3 atom stereocenters. The van der Waals surface area contributed by atoms with Gasteiger partial charge in [0.25, 0.3) is 0 Å². The average molecular weight is 513 g/mol. The second kappa shape index (κ2) is 12.9. The molecule has 0 spiro atoms. The fourth-order valence-corrected chi connectivity index (χ4v) is 5.28. The number of carbonyl (C=O) groups is 4. The SMILES string of the molecule is CC[C@H](C(=O)NCC(=O)N(C)[C@H](/C=C(\C)C(=O)N1CCC[C@H]1C(N)=O)C(C)C)C(C)(C)c1ccccc1. The highest BCUT2D eigenvalue weighted by Gasteiger charge is 2.36. The smallest absolute Gasteiger partial charge is 0.249 e. The van der Waals surface area contributed by atoms with E-state index in [1.54, 1.807) is 24.9 Å². The van der Waals surface area contributed by atoms with Gasteiger partial charge in [-0.25, -0.2) is 0 Å². The van der Waals surface area contributed by atoms with Crippen LogP contribution in [0.5, 0.6) is 0 Å². The normalized spacial score (nSPS) is 17.9. The molecule has 204 valence electrons. The van der Waals surface area contributed by atoms with Crippen molar-refractivity contribution in [3.05, 3.63) is 47.5 Å². The Kier molecular flexibility index (Phi) is 10.5. The van der Waals surface area contributed by atoms with Crippen molar-refractivity contribution in [3.63, 3.8) is 0 Å². The molecule has 1 aliphatic rings. The number of carbonyl (C=O) groups excluding carboxylic acids is 4. The Labute approximate surface area is 221 Å². The van der Waals surface area contributed by atoms with Gasteiger partial charge in [0.15, 0.2) is 0 Å². The number of hydrogen-bond acceptors (Lipinski definition) is 4. The standard InChI is InChI=1S/C29H44N4O4/c1-8-22(29(5,6)21-13-10-9-11-14-21)27(36)31-18-25(34)32(7)24(19(2)3)17-20(4)28(37)33-16-12-15-23(33)26(30)35/h9-11,13-14,17,19,22-24H,8,12,15-16,18H2,1-7H3,(H2,30,35)(H,31,36)/b20-17+/t22-,23+,24-/m1/s1. The maximum absolute atomic E-state index is 13.1. The van der Waals surface area contributed by atoms with Gasteiger partial charge >= 0.3 is 0 Å². The largest absolute Gasteiger partial charge is 0.368 e. The average Bonchev–Trinajstić information content (AvgIpc) is 3.35. The van der Waals surface area contributed by atoms with Crippen LogP contribution >= 0.6 is 0 Å². The van der Waals surface area contributed by atoms with Crippen molar-refractivity contribution in [2.24, 2.45) is 17.6 Å². The number of amides is 4. The van der Waals surface area contributed by atoms with Crippen LogP contribution in [-0.4, -0.2) is 65.6 Å². The molecule has 4 amide bonds. The molecule has 1 fully saturated rings. The van der Waals surface area contributed by atoms with Crippen LogP contribution in [0.4, 0.5) is 0 Å². The monoisotopic (exact) mass is 512 g/mol. The molecule has 0 aliphatic carbocycles. The van der Waals surface area contributed by atoms with E-state index in [1.165, 1.54) is 4.90 Å². The van der Waals surface area contributed by atoms with E-state index in [4.69, 9.17) is 5.73 Å². The molecule has 0 bridgehead atoms. The van der Waals surface area contributed by atoms with Gasteiger partial charge in [-0.1, -0.05) is 71.0 Å². The number of hydrogen-bond donors (Lipinski definition) is 2. The predicted octanol–water partition coefficient (Wildman–Crippen LogP) is 3.01. The summed E-state index contributed by atoms with van der Waals surface area (Å²) >= 11 is 0. The summed E-state index contributed by atoms with van der Waals surface area (Å²) in [6.07, 6.45) is 3.72. The number of benzene rings is 1. The van der Waals surface area contributed by atoms with E-state index in [9.17, 15) is 19.2 Å². The molecular weight excluding hydrogens is 468 g/mol. The molecule has 1 heterocycles. The molecule has 37 heavy (non-hydrogen) atoms. The molecule has 1 aliphatic heterocycles. The Morgan fingerprint density at radius 3 is 2.35 bits per heavy atom. The lowest BCUT2D eigenvalue weighted by atomic mass is 9.71. The minimum Gasteiger partial charge on any atom is -0.368 e. The fraction of sp³-hybridized carbons (Fsp3) is 0.586. The highest BCUT2D eigenvalue weighted by atomic mass is 16.2. The number of nitrogens with one attached hydrogen (secondary N) is 1. The fourth-order valence-electron chi connectivity index (χ4n) is 5.28. The Balaban J connectivity index is 2.09. The zero-order valence-electron chi connectivity index (χ0n) is 23.4. The third-order valence-corrected chi connectivity index (χ3v) is 7.65. The van der Waals surface area contributed by atoms with Gasteiger partial charge in [-0.2, -0.15) is 0 Å². The third kappa shape index (κ3) is 7.21. The van der Waals surface area contributed by atoms with Gasteiger partial charge in [-0.3, -0.25) is 19.2 Å². The van der Waals surface area contributed by atoms with E-state index in [0.29, 0.717) is 25.0 Å². The molecular formula is C29H44N4O4. The van der Waals surface area contributed by atoms with E-state index < -0.39 is 17.4 Å². The molecule has 1 saturated heterocycles. The molecule has 0 radical (unpaired) electrons. The molecule has 8 nitrogen and oxygen atoms in total. The quantitative estimate of drug-likeness (QED) is 0.444. The lowest BCUT2D eigenvalue weighted by Gasteiger charge is -2.34. The van der Waals surface area contributed by atoms with Gasteiger partial charge < -0.3 is 20.9 Å². The van der Waals surface area contributed by atoms with Crippen LogP contribution in [0.3, 0.4) is 0 Å². The van der Waals surface area contributed by atoms with E-state index in [0.717, 1.165) is 12.0 Å². The molecule has 0 unspecified atom stereocenters. The Morgan fingerprint density at radius 2 is 1.81 bits per heavy atom. The second-order valence-electron chi connectivity index (χ2n) is 10.9. The molecule has 0 aromatic heterocycles. The first kappa shape index (κ1) is 30.1. The topological polar surface area (TPSA) is 113 Å². The first-order valence-electron chi connectivity index (χ1n) is 13.2. The lowest BCUT2D eigenvalue weighted by Crippen LogP contribution is -2.48. The summed E-state index contributed by atoms with van der Waals surface area (Å²) in [5.74, 6) is -1.41. The van der Waals surface area contributed by atoms with Crippen molar-refractivity contribution in [1.82, 2.24) is 15.1 Å². The van der Waals surface area contributed by atoms with Crippen molar-refractivity contribution in [1.29, 1.82) is 0 Å². The van der Waals surface area contributed by atoms with Crippen LogP contribution in [0.1, 0.15) is 66.4 Å². The molecule has 0 saturated carbocycles. The molecule has 1 aromatic carbocycles. The Morgan fingerprint density at radius 1 is 1.19 bits per heavy atom.